The van der Waals surface area contributed by atoms with Gasteiger partial charge in [-0.15, -0.1) is 0 Å². The lowest BCUT2D eigenvalue weighted by molar-refractivity contribution is -0.135. The highest BCUT2D eigenvalue weighted by Crippen LogP contribution is 2.21. The first-order chi connectivity index (χ1) is 11.6. The first kappa shape index (κ1) is 15.4. The zero-order chi connectivity index (χ0) is 16.7. The first-order valence-electron chi connectivity index (χ1n) is 8.81. The van der Waals surface area contributed by atoms with Crippen molar-refractivity contribution in [2.75, 3.05) is 26.2 Å². The van der Waals surface area contributed by atoms with Crippen LogP contribution in [0, 0.1) is 0 Å². The fraction of sp³-hybridized carbons (Fsp3) is 0.556. The molecule has 2 fully saturated rings. The van der Waals surface area contributed by atoms with E-state index in [0.717, 1.165) is 37.2 Å². The van der Waals surface area contributed by atoms with Gasteiger partial charge >= 0.3 is 5.69 Å². The van der Waals surface area contributed by atoms with Crippen molar-refractivity contribution < 1.29 is 4.79 Å². The lowest BCUT2D eigenvalue weighted by Crippen LogP contribution is -2.56. The molecular formula is C18H24N4O2. The smallest absolute Gasteiger partial charge is 0.329 e. The second-order valence-electron chi connectivity index (χ2n) is 6.94. The quantitative estimate of drug-likeness (QED) is 0.828. The maximum Gasteiger partial charge on any atom is 0.329 e. The minimum Gasteiger partial charge on any atom is -0.338 e. The third kappa shape index (κ3) is 2.55. The van der Waals surface area contributed by atoms with Gasteiger partial charge in [0.2, 0.25) is 5.91 Å². The molecule has 24 heavy (non-hydrogen) atoms. The highest BCUT2D eigenvalue weighted by atomic mass is 16.2. The molecule has 1 aromatic carbocycles. The Kier molecular flexibility index (Phi) is 3.92. The Hall–Kier alpha value is -2.08. The SMILES string of the molecule is Cn1c(=O)n(CC(=O)N2CCN3CCCCC3C2)c2ccccc21. The summed E-state index contributed by atoms with van der Waals surface area (Å²) in [5.74, 6) is 0.0543. The van der Waals surface area contributed by atoms with E-state index >= 15 is 0 Å². The van der Waals surface area contributed by atoms with Crippen LogP contribution in [0.1, 0.15) is 19.3 Å². The molecule has 2 aliphatic heterocycles. The van der Waals surface area contributed by atoms with Crippen LogP contribution in [-0.2, 0) is 18.4 Å². The molecule has 1 amide bonds. The van der Waals surface area contributed by atoms with E-state index in [1.54, 1.807) is 16.2 Å². The van der Waals surface area contributed by atoms with Crippen molar-refractivity contribution >= 4 is 16.9 Å². The summed E-state index contributed by atoms with van der Waals surface area (Å²) in [7, 11) is 1.76. The number of amides is 1. The molecule has 2 saturated heterocycles. The number of piperazine rings is 1. The predicted octanol–water partition coefficient (Wildman–Crippen LogP) is 1.04. The van der Waals surface area contributed by atoms with Gasteiger partial charge in [-0.05, 0) is 31.5 Å². The predicted molar refractivity (Wildman–Crippen MR) is 93.0 cm³/mol. The van der Waals surface area contributed by atoms with Gasteiger partial charge in [-0.2, -0.15) is 0 Å². The van der Waals surface area contributed by atoms with Crippen molar-refractivity contribution in [1.29, 1.82) is 0 Å². The minimum absolute atomic E-state index is 0.0543. The number of carbonyl (C=O) groups excluding carboxylic acids is 1. The van der Waals surface area contributed by atoms with Crippen LogP contribution in [0.4, 0.5) is 0 Å². The number of aryl methyl sites for hydroxylation is 1. The molecule has 0 bridgehead atoms. The number of hydrogen-bond donors (Lipinski definition) is 0. The number of hydrogen-bond acceptors (Lipinski definition) is 3. The summed E-state index contributed by atoms with van der Waals surface area (Å²) in [5.41, 5.74) is 1.57. The van der Waals surface area contributed by atoms with Crippen molar-refractivity contribution in [2.45, 2.75) is 31.8 Å². The summed E-state index contributed by atoms with van der Waals surface area (Å²) in [4.78, 5) is 29.7. The molecule has 0 N–H and O–H groups in total. The van der Waals surface area contributed by atoms with Crippen molar-refractivity contribution in [3.8, 4) is 0 Å². The maximum absolute atomic E-state index is 12.8. The van der Waals surface area contributed by atoms with Gasteiger partial charge < -0.3 is 4.90 Å². The summed E-state index contributed by atoms with van der Waals surface area (Å²) < 4.78 is 3.21. The van der Waals surface area contributed by atoms with Gasteiger partial charge in [-0.25, -0.2) is 4.79 Å². The molecular weight excluding hydrogens is 304 g/mol. The van der Waals surface area contributed by atoms with Crippen LogP contribution in [0.25, 0.3) is 11.0 Å². The van der Waals surface area contributed by atoms with E-state index in [1.165, 1.54) is 19.3 Å². The lowest BCUT2D eigenvalue weighted by Gasteiger charge is -2.44. The van der Waals surface area contributed by atoms with Crippen LogP contribution in [0.2, 0.25) is 0 Å². The Morgan fingerprint density at radius 1 is 1.12 bits per heavy atom. The van der Waals surface area contributed by atoms with Crippen molar-refractivity contribution in [2.24, 2.45) is 7.05 Å². The van der Waals surface area contributed by atoms with Gasteiger partial charge in [-0.3, -0.25) is 18.8 Å². The number of imidazole rings is 1. The van der Waals surface area contributed by atoms with E-state index in [9.17, 15) is 9.59 Å². The normalized spacial score (nSPS) is 21.9. The second-order valence-corrected chi connectivity index (χ2v) is 6.94. The Balaban J connectivity index is 1.55. The Labute approximate surface area is 141 Å². The fourth-order valence-corrected chi connectivity index (χ4v) is 4.13. The molecule has 0 aliphatic carbocycles. The van der Waals surface area contributed by atoms with Crippen LogP contribution >= 0.6 is 0 Å². The van der Waals surface area contributed by atoms with Gasteiger partial charge in [0, 0.05) is 32.7 Å². The van der Waals surface area contributed by atoms with E-state index in [-0.39, 0.29) is 18.1 Å². The molecule has 6 nitrogen and oxygen atoms in total. The second kappa shape index (κ2) is 6.09. The van der Waals surface area contributed by atoms with Crippen LogP contribution in [0.15, 0.2) is 29.1 Å². The van der Waals surface area contributed by atoms with Gasteiger partial charge in [-0.1, -0.05) is 18.6 Å². The third-order valence-corrected chi connectivity index (χ3v) is 5.54. The molecule has 0 radical (unpaired) electrons. The van der Waals surface area contributed by atoms with Crippen LogP contribution in [0.5, 0.6) is 0 Å². The average molecular weight is 328 g/mol. The molecule has 4 rings (SSSR count). The number of carbonyl (C=O) groups is 1. The van der Waals surface area contributed by atoms with Crippen LogP contribution < -0.4 is 5.69 Å². The molecule has 6 heteroatoms. The highest BCUT2D eigenvalue weighted by molar-refractivity contribution is 5.81. The number of piperidine rings is 1. The number of rotatable bonds is 2. The van der Waals surface area contributed by atoms with E-state index in [2.05, 4.69) is 4.90 Å². The summed E-state index contributed by atoms with van der Waals surface area (Å²) in [6.45, 7) is 3.83. The molecule has 1 unspecified atom stereocenters. The molecule has 1 atom stereocenters. The molecule has 3 heterocycles. The minimum atomic E-state index is -0.124. The summed E-state index contributed by atoms with van der Waals surface area (Å²) in [6.07, 6.45) is 3.71. The number of nitrogens with zero attached hydrogens (tertiary/aromatic N) is 4. The van der Waals surface area contributed by atoms with Crippen LogP contribution in [0.3, 0.4) is 0 Å². The summed E-state index contributed by atoms with van der Waals surface area (Å²) >= 11 is 0. The van der Waals surface area contributed by atoms with E-state index < -0.39 is 0 Å². The topological polar surface area (TPSA) is 50.5 Å². The largest absolute Gasteiger partial charge is 0.338 e. The Bertz CT molecular complexity index is 822. The van der Waals surface area contributed by atoms with Gasteiger partial charge in [0.1, 0.15) is 6.54 Å². The van der Waals surface area contributed by atoms with Gasteiger partial charge in [0.25, 0.3) is 0 Å². The highest BCUT2D eigenvalue weighted by Gasteiger charge is 2.31. The average Bonchev–Trinajstić information content (AvgIpc) is 2.86. The van der Waals surface area contributed by atoms with Crippen molar-refractivity contribution in [3.05, 3.63) is 34.7 Å². The standard InChI is InChI=1S/C18H24N4O2/c1-19-15-7-2-3-8-16(15)22(18(19)24)13-17(23)21-11-10-20-9-5-4-6-14(20)12-21/h2-3,7-8,14H,4-6,9-13H2,1H3. The van der Waals surface area contributed by atoms with Gasteiger partial charge in [0.05, 0.1) is 11.0 Å². The number of benzene rings is 1. The lowest BCUT2D eigenvalue weighted by atomic mass is 9.99. The third-order valence-electron chi connectivity index (χ3n) is 5.54. The van der Waals surface area contributed by atoms with E-state index in [1.807, 2.05) is 29.2 Å². The Morgan fingerprint density at radius 2 is 1.92 bits per heavy atom. The van der Waals surface area contributed by atoms with Crippen molar-refractivity contribution in [3.63, 3.8) is 0 Å². The van der Waals surface area contributed by atoms with Gasteiger partial charge in [0.15, 0.2) is 0 Å². The summed E-state index contributed by atoms with van der Waals surface area (Å²) in [5, 5.41) is 0. The molecule has 0 saturated carbocycles. The van der Waals surface area contributed by atoms with Crippen molar-refractivity contribution in [1.82, 2.24) is 18.9 Å². The maximum atomic E-state index is 12.8. The van der Waals surface area contributed by atoms with E-state index in [4.69, 9.17) is 0 Å². The molecule has 1 aromatic heterocycles. The number of fused-ring (bicyclic) bond motifs is 2. The monoisotopic (exact) mass is 328 g/mol. The number of aromatic nitrogens is 2. The molecule has 128 valence electrons. The molecule has 2 aliphatic rings. The van der Waals surface area contributed by atoms with E-state index in [0.29, 0.717) is 6.04 Å². The zero-order valence-corrected chi connectivity index (χ0v) is 14.1. The number of para-hydroxylation sites is 2. The summed E-state index contributed by atoms with van der Waals surface area (Å²) in [6, 6.07) is 8.14. The zero-order valence-electron chi connectivity index (χ0n) is 14.1. The fourth-order valence-electron chi connectivity index (χ4n) is 4.13. The molecule has 2 aromatic rings. The molecule has 0 spiro atoms. The first-order valence-corrected chi connectivity index (χ1v) is 8.81. The Morgan fingerprint density at radius 3 is 2.75 bits per heavy atom. The van der Waals surface area contributed by atoms with Crippen LogP contribution in [-0.4, -0.2) is 57.1 Å².